The predicted octanol–water partition coefficient (Wildman–Crippen LogP) is 5.56. The zero-order valence-electron chi connectivity index (χ0n) is 20.9. The molecule has 8 atom stereocenters. The third-order valence-electron chi connectivity index (χ3n) is 10.7. The summed E-state index contributed by atoms with van der Waals surface area (Å²) in [4.78, 5) is 27.2. The highest BCUT2D eigenvalue weighted by Gasteiger charge is 2.61. The van der Waals surface area contributed by atoms with Gasteiger partial charge in [-0.05, 0) is 98.5 Å². The Kier molecular flexibility index (Phi) is 5.80. The Labute approximate surface area is 201 Å². The maximum Gasteiger partial charge on any atom is 0.251 e. The Morgan fingerprint density at radius 1 is 1.00 bits per heavy atom. The minimum absolute atomic E-state index is 0.0370. The van der Waals surface area contributed by atoms with Gasteiger partial charge in [0.15, 0.2) is 0 Å². The molecule has 0 radical (unpaired) electrons. The van der Waals surface area contributed by atoms with E-state index in [1.165, 1.54) is 19.3 Å². The molecule has 3 aliphatic carbocycles. The summed E-state index contributed by atoms with van der Waals surface area (Å²) < 4.78 is 27.2. The van der Waals surface area contributed by atoms with E-state index in [0.717, 1.165) is 43.9 Å². The lowest BCUT2D eigenvalue weighted by molar-refractivity contribution is -0.158. The summed E-state index contributed by atoms with van der Waals surface area (Å²) in [5.74, 6) is 0.724. The second kappa shape index (κ2) is 8.30. The fourth-order valence-electron chi connectivity index (χ4n) is 9.09. The second-order valence-corrected chi connectivity index (χ2v) is 12.1. The van der Waals surface area contributed by atoms with Crippen LogP contribution in [0.5, 0.6) is 0 Å². The van der Waals surface area contributed by atoms with E-state index in [1.54, 1.807) is 0 Å². The first-order valence-corrected chi connectivity index (χ1v) is 13.1. The summed E-state index contributed by atoms with van der Waals surface area (Å²) in [6.07, 6.45) is 8.51. The minimum Gasteiger partial charge on any atom is -0.349 e. The molecule has 34 heavy (non-hydrogen) atoms. The summed E-state index contributed by atoms with van der Waals surface area (Å²) in [6, 6.07) is 3.29. The summed E-state index contributed by atoms with van der Waals surface area (Å²) in [6.45, 7) is 6.91. The van der Waals surface area contributed by atoms with Crippen LogP contribution in [0.3, 0.4) is 0 Å². The predicted molar refractivity (Wildman–Crippen MR) is 127 cm³/mol. The van der Waals surface area contributed by atoms with Gasteiger partial charge in [-0.15, -0.1) is 0 Å². The van der Waals surface area contributed by atoms with Gasteiger partial charge in [0.05, 0.1) is 0 Å². The molecule has 3 saturated carbocycles. The van der Waals surface area contributed by atoms with Gasteiger partial charge in [0, 0.05) is 37.2 Å². The Morgan fingerprint density at radius 2 is 1.68 bits per heavy atom. The van der Waals surface area contributed by atoms with E-state index in [0.29, 0.717) is 42.0 Å². The number of nitrogens with one attached hydrogen (secondary N) is 1. The quantitative estimate of drug-likeness (QED) is 0.626. The van der Waals surface area contributed by atoms with Gasteiger partial charge in [-0.25, -0.2) is 8.78 Å². The monoisotopic (exact) mass is 472 g/mol. The third kappa shape index (κ3) is 3.58. The van der Waals surface area contributed by atoms with Crippen molar-refractivity contribution in [2.75, 3.05) is 7.05 Å². The van der Waals surface area contributed by atoms with E-state index < -0.39 is 17.5 Å². The SMILES string of the molecule is CC(NC(=O)c1cc(F)cc(F)c1)[C@H]1CC[C@H]2[C@@H]3CCC4N(C)C(=O)CC[C@]4(C)[C@H]3CC[C@]12C. The molecule has 2 unspecified atom stereocenters. The van der Waals surface area contributed by atoms with E-state index in [-0.39, 0.29) is 22.4 Å². The minimum atomic E-state index is -0.733. The fraction of sp³-hybridized carbons (Fsp3) is 0.714. The Hall–Kier alpha value is -1.98. The smallest absolute Gasteiger partial charge is 0.251 e. The molecular formula is C28H38F2N2O2. The van der Waals surface area contributed by atoms with Crippen LogP contribution in [0.1, 0.15) is 82.5 Å². The molecule has 1 N–H and O–H groups in total. The van der Waals surface area contributed by atoms with E-state index in [1.807, 2.05) is 11.9 Å². The zero-order valence-corrected chi connectivity index (χ0v) is 20.9. The van der Waals surface area contributed by atoms with Crippen LogP contribution in [-0.4, -0.2) is 35.8 Å². The Morgan fingerprint density at radius 3 is 2.38 bits per heavy atom. The first-order valence-electron chi connectivity index (χ1n) is 13.1. The normalized spacial score (nSPS) is 40.2. The number of carbonyl (C=O) groups excluding carboxylic acids is 2. The maximum atomic E-state index is 13.6. The average Bonchev–Trinajstić information content (AvgIpc) is 3.13. The number of piperidine rings is 1. The molecule has 1 aromatic carbocycles. The summed E-state index contributed by atoms with van der Waals surface area (Å²) in [7, 11) is 2.00. The molecular weight excluding hydrogens is 434 g/mol. The van der Waals surface area contributed by atoms with Gasteiger partial charge in [0.1, 0.15) is 11.6 Å². The van der Waals surface area contributed by atoms with Crippen molar-refractivity contribution in [2.45, 2.75) is 84.2 Å². The van der Waals surface area contributed by atoms with Crippen molar-refractivity contribution in [3.8, 4) is 0 Å². The van der Waals surface area contributed by atoms with Crippen molar-refractivity contribution >= 4 is 11.8 Å². The van der Waals surface area contributed by atoms with Crippen LogP contribution in [-0.2, 0) is 4.79 Å². The molecule has 186 valence electrons. The van der Waals surface area contributed by atoms with Crippen molar-refractivity contribution < 1.29 is 18.4 Å². The van der Waals surface area contributed by atoms with E-state index in [2.05, 4.69) is 26.1 Å². The van der Waals surface area contributed by atoms with Crippen LogP contribution in [0.15, 0.2) is 18.2 Å². The number of carbonyl (C=O) groups is 2. The number of nitrogens with zero attached hydrogens (tertiary/aromatic N) is 1. The molecule has 4 fully saturated rings. The summed E-state index contributed by atoms with van der Waals surface area (Å²) >= 11 is 0. The number of amides is 2. The largest absolute Gasteiger partial charge is 0.349 e. The van der Waals surface area contributed by atoms with Gasteiger partial charge in [-0.2, -0.15) is 0 Å². The number of benzene rings is 1. The van der Waals surface area contributed by atoms with Gasteiger partial charge in [-0.3, -0.25) is 9.59 Å². The van der Waals surface area contributed by atoms with Gasteiger partial charge >= 0.3 is 0 Å². The first kappa shape index (κ1) is 23.7. The molecule has 1 aromatic rings. The third-order valence-corrected chi connectivity index (χ3v) is 10.7. The van der Waals surface area contributed by atoms with Crippen molar-refractivity contribution in [1.29, 1.82) is 0 Å². The standard InChI is InChI=1S/C28H38F2N2O2/c1-16(31-26(34)17-13-18(29)15-19(30)14-17)21-6-7-22-20-5-8-24-28(3,12-10-25(33)32(24)4)23(20)9-11-27(21,22)2/h13-16,20-24H,5-12H2,1-4H3,(H,31,34)/t16?,20-,21+,22-,23-,24?,27+,28+/m0/s1. The molecule has 0 bridgehead atoms. The number of rotatable bonds is 3. The molecule has 2 amide bonds. The molecule has 4 nitrogen and oxygen atoms in total. The molecule has 0 spiro atoms. The second-order valence-electron chi connectivity index (χ2n) is 12.1. The van der Waals surface area contributed by atoms with Crippen molar-refractivity contribution in [2.24, 2.45) is 34.5 Å². The molecule has 5 rings (SSSR count). The number of halogens is 2. The van der Waals surface area contributed by atoms with Crippen LogP contribution >= 0.6 is 0 Å². The topological polar surface area (TPSA) is 49.4 Å². The fourth-order valence-corrected chi connectivity index (χ4v) is 9.09. The van der Waals surface area contributed by atoms with Crippen LogP contribution in [0.4, 0.5) is 8.78 Å². The average molecular weight is 473 g/mol. The van der Waals surface area contributed by atoms with Crippen molar-refractivity contribution in [3.63, 3.8) is 0 Å². The van der Waals surface area contributed by atoms with E-state index in [9.17, 15) is 18.4 Å². The van der Waals surface area contributed by atoms with Gasteiger partial charge in [0.25, 0.3) is 5.91 Å². The highest BCUT2D eigenvalue weighted by molar-refractivity contribution is 5.94. The van der Waals surface area contributed by atoms with Gasteiger partial charge in [0.2, 0.25) is 5.91 Å². The molecule has 4 aliphatic rings. The highest BCUT2D eigenvalue weighted by Crippen LogP contribution is 2.66. The Bertz CT molecular complexity index is 978. The molecule has 1 aliphatic heterocycles. The summed E-state index contributed by atoms with van der Waals surface area (Å²) in [5.41, 5.74) is 0.391. The van der Waals surface area contributed by atoms with Crippen LogP contribution < -0.4 is 5.32 Å². The molecule has 1 saturated heterocycles. The maximum absolute atomic E-state index is 13.6. The first-order chi connectivity index (χ1) is 16.0. The zero-order chi connectivity index (χ0) is 24.4. The van der Waals surface area contributed by atoms with E-state index in [4.69, 9.17) is 0 Å². The van der Waals surface area contributed by atoms with Crippen molar-refractivity contribution in [1.82, 2.24) is 10.2 Å². The van der Waals surface area contributed by atoms with Crippen LogP contribution in [0, 0.1) is 46.1 Å². The van der Waals surface area contributed by atoms with Gasteiger partial charge in [-0.1, -0.05) is 13.8 Å². The lowest BCUT2D eigenvalue weighted by atomic mass is 9.46. The lowest BCUT2D eigenvalue weighted by Gasteiger charge is -2.62. The molecule has 0 aromatic heterocycles. The number of hydrogen-bond donors (Lipinski definition) is 1. The van der Waals surface area contributed by atoms with Crippen LogP contribution in [0.25, 0.3) is 0 Å². The van der Waals surface area contributed by atoms with Crippen molar-refractivity contribution in [3.05, 3.63) is 35.4 Å². The van der Waals surface area contributed by atoms with Crippen LogP contribution in [0.2, 0.25) is 0 Å². The number of fused-ring (bicyclic) bond motifs is 5. The summed E-state index contributed by atoms with van der Waals surface area (Å²) in [5, 5.41) is 3.07. The van der Waals surface area contributed by atoms with E-state index >= 15 is 0 Å². The Balaban J connectivity index is 1.32. The lowest BCUT2D eigenvalue weighted by Crippen LogP contribution is -2.61. The highest BCUT2D eigenvalue weighted by atomic mass is 19.1. The molecule has 1 heterocycles. The number of hydrogen-bond acceptors (Lipinski definition) is 2. The molecule has 6 heteroatoms. The van der Waals surface area contributed by atoms with Gasteiger partial charge < -0.3 is 10.2 Å². The number of likely N-dealkylation sites (tertiary alicyclic amines) is 1.